The second kappa shape index (κ2) is 7.18. The van der Waals surface area contributed by atoms with E-state index in [-0.39, 0.29) is 5.91 Å². The fourth-order valence-corrected chi connectivity index (χ4v) is 2.23. The van der Waals surface area contributed by atoms with E-state index in [2.05, 4.69) is 9.97 Å². The molecule has 0 radical (unpaired) electrons. The van der Waals surface area contributed by atoms with Crippen molar-refractivity contribution in [2.24, 2.45) is 0 Å². The number of aromatic nitrogens is 2. The van der Waals surface area contributed by atoms with Crippen molar-refractivity contribution in [3.63, 3.8) is 0 Å². The van der Waals surface area contributed by atoms with Gasteiger partial charge in [-0.3, -0.25) is 9.78 Å². The Morgan fingerprint density at radius 1 is 1.29 bits per heavy atom. The largest absolute Gasteiger partial charge is 0.341 e. The number of halogens is 1. The van der Waals surface area contributed by atoms with Crippen molar-refractivity contribution in [2.45, 2.75) is 19.8 Å². The number of aryl methyl sites for hydroxylation is 1. The predicted octanol–water partition coefficient (Wildman–Crippen LogP) is 3.01. The van der Waals surface area contributed by atoms with Crippen LogP contribution in [0.5, 0.6) is 0 Å². The number of hydrogen-bond acceptors (Lipinski definition) is 3. The van der Waals surface area contributed by atoms with Crippen LogP contribution in [0.25, 0.3) is 0 Å². The van der Waals surface area contributed by atoms with Gasteiger partial charge in [-0.05, 0) is 30.7 Å². The number of carbonyl (C=O) groups excluding carboxylic acids is 1. The molecule has 0 saturated carbocycles. The van der Waals surface area contributed by atoms with E-state index >= 15 is 0 Å². The lowest BCUT2D eigenvalue weighted by atomic mass is 10.1. The highest BCUT2D eigenvalue weighted by Gasteiger charge is 2.13. The minimum atomic E-state index is -0.0510. The lowest BCUT2D eigenvalue weighted by molar-refractivity contribution is 0.0796. The summed E-state index contributed by atoms with van der Waals surface area (Å²) in [5.74, 6) is -0.0510. The molecule has 0 N–H and O–H groups in total. The fourth-order valence-electron chi connectivity index (χ4n) is 2.01. The molecule has 0 aliphatic rings. The normalized spacial score (nSPS) is 10.4. The van der Waals surface area contributed by atoms with Crippen LogP contribution in [0.15, 0.2) is 36.5 Å². The molecule has 0 aromatic carbocycles. The van der Waals surface area contributed by atoms with E-state index < -0.39 is 0 Å². The van der Waals surface area contributed by atoms with Crippen LogP contribution in [0, 0.1) is 0 Å². The minimum Gasteiger partial charge on any atom is -0.341 e. The number of nitrogens with zero attached hydrogens (tertiary/aromatic N) is 3. The van der Waals surface area contributed by atoms with Crippen molar-refractivity contribution in [1.82, 2.24) is 14.9 Å². The highest BCUT2D eigenvalue weighted by Crippen LogP contribution is 2.13. The fraction of sp³-hybridized carbons (Fsp3) is 0.312. The number of pyridine rings is 2. The molecule has 0 aliphatic heterocycles. The van der Waals surface area contributed by atoms with E-state index in [0.29, 0.717) is 17.3 Å². The molecule has 0 aliphatic carbocycles. The van der Waals surface area contributed by atoms with Gasteiger partial charge in [-0.2, -0.15) is 0 Å². The van der Waals surface area contributed by atoms with Crippen LogP contribution in [0.4, 0.5) is 0 Å². The monoisotopic (exact) mass is 303 g/mol. The summed E-state index contributed by atoms with van der Waals surface area (Å²) in [7, 11) is 1.78. The zero-order chi connectivity index (χ0) is 15.2. The van der Waals surface area contributed by atoms with E-state index in [1.54, 1.807) is 30.3 Å². The van der Waals surface area contributed by atoms with Gasteiger partial charge in [-0.25, -0.2) is 4.98 Å². The third kappa shape index (κ3) is 4.26. The molecule has 4 nitrogen and oxygen atoms in total. The van der Waals surface area contributed by atoms with Gasteiger partial charge in [0.15, 0.2) is 0 Å². The topological polar surface area (TPSA) is 46.1 Å². The van der Waals surface area contributed by atoms with E-state index in [9.17, 15) is 4.79 Å². The molecule has 0 atom stereocenters. The lowest BCUT2D eigenvalue weighted by Crippen LogP contribution is -2.29. The molecule has 2 aromatic rings. The maximum atomic E-state index is 12.4. The highest BCUT2D eigenvalue weighted by molar-refractivity contribution is 6.29. The molecule has 5 heteroatoms. The van der Waals surface area contributed by atoms with Crippen molar-refractivity contribution in [1.29, 1.82) is 0 Å². The summed E-state index contributed by atoms with van der Waals surface area (Å²) in [6.45, 7) is 2.59. The molecule has 1 amide bonds. The molecule has 0 unspecified atom stereocenters. The van der Waals surface area contributed by atoms with Gasteiger partial charge in [0.05, 0.1) is 0 Å². The van der Waals surface area contributed by atoms with Gasteiger partial charge >= 0.3 is 0 Å². The summed E-state index contributed by atoms with van der Waals surface area (Å²) in [4.78, 5) is 22.5. The van der Waals surface area contributed by atoms with Crippen molar-refractivity contribution < 1.29 is 4.79 Å². The zero-order valence-electron chi connectivity index (χ0n) is 12.2. The molecule has 0 fully saturated rings. The minimum absolute atomic E-state index is 0.0510. The SMILES string of the molecule is CCc1cc(C(=O)N(C)CCc2ccccn2)cc(Cl)n1. The van der Waals surface area contributed by atoms with Crippen molar-refractivity contribution >= 4 is 17.5 Å². The number of hydrogen-bond donors (Lipinski definition) is 0. The Morgan fingerprint density at radius 3 is 2.76 bits per heavy atom. The number of rotatable bonds is 5. The van der Waals surface area contributed by atoms with Gasteiger partial charge in [0.25, 0.3) is 5.91 Å². The third-order valence-electron chi connectivity index (χ3n) is 3.23. The van der Waals surface area contributed by atoms with Gasteiger partial charge in [0.2, 0.25) is 0 Å². The van der Waals surface area contributed by atoms with Crippen molar-refractivity contribution in [3.05, 3.63) is 58.6 Å². The van der Waals surface area contributed by atoms with Crippen LogP contribution in [0.2, 0.25) is 5.15 Å². The molecule has 2 heterocycles. The third-order valence-corrected chi connectivity index (χ3v) is 3.43. The average molecular weight is 304 g/mol. The number of amides is 1. The smallest absolute Gasteiger partial charge is 0.253 e. The maximum absolute atomic E-state index is 12.4. The molecule has 0 saturated heterocycles. The summed E-state index contributed by atoms with van der Waals surface area (Å²) in [6.07, 6.45) is 3.23. The van der Waals surface area contributed by atoms with E-state index in [4.69, 9.17) is 11.6 Å². The Bertz CT molecular complexity index is 616. The first-order valence-corrected chi connectivity index (χ1v) is 7.29. The predicted molar refractivity (Wildman–Crippen MR) is 83.5 cm³/mol. The Balaban J connectivity index is 2.03. The molecule has 0 spiro atoms. The maximum Gasteiger partial charge on any atom is 0.253 e. The van der Waals surface area contributed by atoms with Gasteiger partial charge in [-0.1, -0.05) is 24.6 Å². The average Bonchev–Trinajstić information content (AvgIpc) is 2.52. The Morgan fingerprint density at radius 2 is 2.10 bits per heavy atom. The first kappa shape index (κ1) is 15.4. The molecule has 2 rings (SSSR count). The summed E-state index contributed by atoms with van der Waals surface area (Å²) in [5.41, 5.74) is 2.37. The highest BCUT2D eigenvalue weighted by atomic mass is 35.5. The van der Waals surface area contributed by atoms with Crippen molar-refractivity contribution in [3.8, 4) is 0 Å². The standard InChI is InChI=1S/C16H18ClN3O/c1-3-13-10-12(11-15(17)19-13)16(21)20(2)9-7-14-6-4-5-8-18-14/h4-6,8,10-11H,3,7,9H2,1-2H3. The van der Waals surface area contributed by atoms with Crippen LogP contribution in [-0.4, -0.2) is 34.4 Å². The van der Waals surface area contributed by atoms with Crippen LogP contribution in [0.3, 0.4) is 0 Å². The van der Waals surface area contributed by atoms with Crippen LogP contribution in [0.1, 0.15) is 28.7 Å². The van der Waals surface area contributed by atoms with Gasteiger partial charge in [0, 0.05) is 43.2 Å². The summed E-state index contributed by atoms with van der Waals surface area (Å²) >= 11 is 5.96. The second-order valence-electron chi connectivity index (χ2n) is 4.82. The summed E-state index contributed by atoms with van der Waals surface area (Å²) < 4.78 is 0. The number of likely N-dealkylation sites (N-methyl/N-ethyl adjacent to an activating group) is 1. The van der Waals surface area contributed by atoms with E-state index in [1.165, 1.54) is 0 Å². The number of carbonyl (C=O) groups is 1. The first-order chi connectivity index (χ1) is 10.1. The Hall–Kier alpha value is -1.94. The van der Waals surface area contributed by atoms with Crippen molar-refractivity contribution in [2.75, 3.05) is 13.6 Å². The molecular weight excluding hydrogens is 286 g/mol. The first-order valence-electron chi connectivity index (χ1n) is 6.92. The van der Waals surface area contributed by atoms with Gasteiger partial charge in [-0.15, -0.1) is 0 Å². The zero-order valence-corrected chi connectivity index (χ0v) is 13.0. The Kier molecular flexibility index (Phi) is 5.28. The van der Waals surface area contributed by atoms with Crippen LogP contribution in [-0.2, 0) is 12.8 Å². The van der Waals surface area contributed by atoms with E-state index in [1.807, 2.05) is 25.1 Å². The molecule has 0 bridgehead atoms. The molecule has 110 valence electrons. The van der Waals surface area contributed by atoms with Crippen LogP contribution < -0.4 is 0 Å². The van der Waals surface area contributed by atoms with Gasteiger partial charge < -0.3 is 4.90 Å². The summed E-state index contributed by atoms with van der Waals surface area (Å²) in [6, 6.07) is 9.19. The molecular formula is C16H18ClN3O. The summed E-state index contributed by atoms with van der Waals surface area (Å²) in [5, 5.41) is 0.357. The lowest BCUT2D eigenvalue weighted by Gasteiger charge is -2.17. The van der Waals surface area contributed by atoms with Gasteiger partial charge in [0.1, 0.15) is 5.15 Å². The molecule has 2 aromatic heterocycles. The Labute approximate surface area is 129 Å². The van der Waals surface area contributed by atoms with Crippen LogP contribution >= 0.6 is 11.6 Å². The van der Waals surface area contributed by atoms with E-state index in [0.717, 1.165) is 24.2 Å². The molecule has 21 heavy (non-hydrogen) atoms. The quantitative estimate of drug-likeness (QED) is 0.798. The second-order valence-corrected chi connectivity index (χ2v) is 5.21.